The number of anilines is 1. The van der Waals surface area contributed by atoms with Gasteiger partial charge in [0.05, 0.1) is 5.69 Å². The normalized spacial score (nSPS) is 12.9. The first-order valence-corrected chi connectivity index (χ1v) is 6.67. The third-order valence-electron chi connectivity index (χ3n) is 3.32. The molecule has 0 aliphatic carbocycles. The fraction of sp³-hybridized carbons (Fsp3) is 0.312. The minimum atomic E-state index is -1.13. The predicted molar refractivity (Wildman–Crippen MR) is 81.0 cm³/mol. The van der Waals surface area contributed by atoms with Gasteiger partial charge in [0, 0.05) is 17.8 Å². The molecular weight excluding hydrogens is 268 g/mol. The molecule has 0 spiro atoms. The average molecular weight is 286 g/mol. The largest absolute Gasteiger partial charge is 0.481 e. The van der Waals surface area contributed by atoms with E-state index in [0.29, 0.717) is 5.69 Å². The van der Waals surface area contributed by atoms with Crippen molar-refractivity contribution in [2.24, 2.45) is 11.3 Å². The number of amides is 1. The molecule has 0 saturated carbocycles. The molecule has 21 heavy (non-hydrogen) atoms. The summed E-state index contributed by atoms with van der Waals surface area (Å²) >= 11 is 0. The summed E-state index contributed by atoms with van der Waals surface area (Å²) in [5, 5.41) is 13.7. The van der Waals surface area contributed by atoms with Crippen LogP contribution in [0.4, 0.5) is 5.69 Å². The summed E-state index contributed by atoms with van der Waals surface area (Å²) in [6.07, 6.45) is 3.32. The molecule has 1 aromatic heterocycles. The van der Waals surface area contributed by atoms with E-state index < -0.39 is 23.2 Å². The van der Waals surface area contributed by atoms with E-state index in [9.17, 15) is 14.7 Å². The number of benzene rings is 1. The number of pyridine rings is 1. The van der Waals surface area contributed by atoms with Crippen molar-refractivity contribution in [1.29, 1.82) is 0 Å². The molecule has 0 bridgehead atoms. The van der Waals surface area contributed by atoms with Crippen molar-refractivity contribution in [3.05, 3.63) is 36.7 Å². The predicted octanol–water partition coefficient (Wildman–Crippen LogP) is 2.92. The summed E-state index contributed by atoms with van der Waals surface area (Å²) in [4.78, 5) is 27.7. The number of rotatable bonds is 3. The van der Waals surface area contributed by atoms with Crippen molar-refractivity contribution in [2.45, 2.75) is 20.8 Å². The van der Waals surface area contributed by atoms with E-state index in [1.54, 1.807) is 39.2 Å². The average Bonchev–Trinajstić information content (AvgIpc) is 2.37. The van der Waals surface area contributed by atoms with Crippen LogP contribution in [0.1, 0.15) is 20.8 Å². The maximum Gasteiger partial charge on any atom is 0.316 e. The first kappa shape index (κ1) is 15.0. The minimum absolute atomic E-state index is 0.522. The van der Waals surface area contributed by atoms with E-state index in [4.69, 9.17) is 0 Å². The third kappa shape index (κ3) is 3.18. The molecule has 0 aliphatic rings. The number of nitrogens with one attached hydrogen (secondary N) is 1. The van der Waals surface area contributed by atoms with E-state index >= 15 is 0 Å². The van der Waals surface area contributed by atoms with Crippen molar-refractivity contribution >= 4 is 28.3 Å². The quantitative estimate of drug-likeness (QED) is 0.850. The van der Waals surface area contributed by atoms with Gasteiger partial charge in [-0.15, -0.1) is 0 Å². The monoisotopic (exact) mass is 286 g/mol. The zero-order valence-corrected chi connectivity index (χ0v) is 12.3. The van der Waals surface area contributed by atoms with Crippen LogP contribution >= 0.6 is 0 Å². The Kier molecular flexibility index (Phi) is 3.93. The van der Waals surface area contributed by atoms with E-state index in [0.717, 1.165) is 10.8 Å². The number of aromatic nitrogens is 1. The molecule has 0 aliphatic heterocycles. The van der Waals surface area contributed by atoms with Gasteiger partial charge in [-0.3, -0.25) is 14.6 Å². The maximum atomic E-state index is 12.3. The molecule has 5 heteroatoms. The molecular formula is C16H18N2O3. The van der Waals surface area contributed by atoms with Gasteiger partial charge in [-0.2, -0.15) is 0 Å². The lowest BCUT2D eigenvalue weighted by Gasteiger charge is -2.26. The second-order valence-electron chi connectivity index (χ2n) is 6.03. The minimum Gasteiger partial charge on any atom is -0.481 e. The molecule has 2 rings (SSSR count). The van der Waals surface area contributed by atoms with Gasteiger partial charge in [0.25, 0.3) is 0 Å². The van der Waals surface area contributed by atoms with E-state index in [-0.39, 0.29) is 0 Å². The first-order chi connectivity index (χ1) is 9.80. The zero-order valence-electron chi connectivity index (χ0n) is 12.3. The number of hydrogen-bond donors (Lipinski definition) is 2. The van der Waals surface area contributed by atoms with Crippen LogP contribution in [-0.2, 0) is 9.59 Å². The number of nitrogens with zero attached hydrogens (tertiary/aromatic N) is 1. The smallest absolute Gasteiger partial charge is 0.316 e. The molecule has 110 valence electrons. The summed E-state index contributed by atoms with van der Waals surface area (Å²) in [5.41, 5.74) is -0.0974. The van der Waals surface area contributed by atoms with Gasteiger partial charge in [0.2, 0.25) is 5.91 Å². The van der Waals surface area contributed by atoms with Crippen molar-refractivity contribution in [3.63, 3.8) is 0 Å². The van der Waals surface area contributed by atoms with Gasteiger partial charge < -0.3 is 10.4 Å². The lowest BCUT2D eigenvalue weighted by atomic mass is 9.80. The van der Waals surface area contributed by atoms with Crippen molar-refractivity contribution < 1.29 is 14.7 Å². The number of carboxylic acids is 1. The molecule has 0 radical (unpaired) electrons. The number of carbonyl (C=O) groups excluding carboxylic acids is 1. The van der Waals surface area contributed by atoms with Gasteiger partial charge >= 0.3 is 5.97 Å². The highest BCUT2D eigenvalue weighted by Gasteiger charge is 2.37. The van der Waals surface area contributed by atoms with Crippen LogP contribution in [0.15, 0.2) is 36.7 Å². The van der Waals surface area contributed by atoms with Gasteiger partial charge in [-0.25, -0.2) is 0 Å². The Morgan fingerprint density at radius 1 is 1.24 bits per heavy atom. The van der Waals surface area contributed by atoms with Gasteiger partial charge in [0.1, 0.15) is 5.92 Å². The fourth-order valence-corrected chi connectivity index (χ4v) is 2.30. The van der Waals surface area contributed by atoms with Gasteiger partial charge in [-0.05, 0) is 22.9 Å². The maximum absolute atomic E-state index is 12.3. The molecule has 0 fully saturated rings. The number of aliphatic carboxylic acids is 1. The molecule has 5 nitrogen and oxygen atoms in total. The van der Waals surface area contributed by atoms with Gasteiger partial charge in [-0.1, -0.05) is 32.9 Å². The van der Waals surface area contributed by atoms with Gasteiger partial charge in [0.15, 0.2) is 0 Å². The summed E-state index contributed by atoms with van der Waals surface area (Å²) in [6.45, 7) is 5.20. The topological polar surface area (TPSA) is 79.3 Å². The molecule has 2 aromatic rings. The number of fused-ring (bicyclic) bond motifs is 1. The molecule has 2 N–H and O–H groups in total. The van der Waals surface area contributed by atoms with E-state index in [1.807, 2.05) is 18.2 Å². The van der Waals surface area contributed by atoms with Crippen LogP contribution < -0.4 is 5.32 Å². The summed E-state index contributed by atoms with van der Waals surface area (Å²) < 4.78 is 0. The van der Waals surface area contributed by atoms with Crippen LogP contribution in [0.3, 0.4) is 0 Å². The summed E-state index contributed by atoms with van der Waals surface area (Å²) in [7, 11) is 0. The Morgan fingerprint density at radius 2 is 1.95 bits per heavy atom. The summed E-state index contributed by atoms with van der Waals surface area (Å²) in [5.74, 6) is -2.77. The van der Waals surface area contributed by atoms with Crippen molar-refractivity contribution in [2.75, 3.05) is 5.32 Å². The first-order valence-electron chi connectivity index (χ1n) is 6.67. The lowest BCUT2D eigenvalue weighted by molar-refractivity contribution is -0.149. The molecule has 1 aromatic carbocycles. The van der Waals surface area contributed by atoms with Crippen LogP contribution in [0.25, 0.3) is 10.8 Å². The van der Waals surface area contributed by atoms with Crippen LogP contribution in [0.5, 0.6) is 0 Å². The fourth-order valence-electron chi connectivity index (χ4n) is 2.30. The van der Waals surface area contributed by atoms with Crippen LogP contribution in [0.2, 0.25) is 0 Å². The Hall–Kier alpha value is -2.43. The molecule has 1 heterocycles. The Labute approximate surface area is 123 Å². The number of hydrogen-bond acceptors (Lipinski definition) is 3. The second-order valence-corrected chi connectivity index (χ2v) is 6.03. The Bertz CT molecular complexity index is 684. The lowest BCUT2D eigenvalue weighted by Crippen LogP contribution is -2.39. The van der Waals surface area contributed by atoms with Crippen molar-refractivity contribution in [3.8, 4) is 0 Å². The second kappa shape index (κ2) is 5.52. The van der Waals surface area contributed by atoms with E-state index in [2.05, 4.69) is 10.3 Å². The number of carboxylic acid groups (broad SMARTS) is 1. The third-order valence-corrected chi connectivity index (χ3v) is 3.32. The van der Waals surface area contributed by atoms with Crippen LogP contribution in [-0.4, -0.2) is 22.0 Å². The Morgan fingerprint density at radius 3 is 2.57 bits per heavy atom. The Balaban J connectivity index is 2.35. The van der Waals surface area contributed by atoms with Crippen LogP contribution in [0, 0.1) is 11.3 Å². The highest BCUT2D eigenvalue weighted by molar-refractivity contribution is 6.08. The molecule has 1 atom stereocenters. The zero-order chi connectivity index (χ0) is 15.6. The van der Waals surface area contributed by atoms with Crippen molar-refractivity contribution in [1.82, 2.24) is 4.98 Å². The standard InChI is InChI=1S/C16H18N2O3/c1-16(2,3)13(15(20)21)14(19)18-12-6-4-5-10-7-8-17-9-11(10)12/h4-9,13H,1-3H3,(H,18,19)(H,20,21). The summed E-state index contributed by atoms with van der Waals surface area (Å²) in [6, 6.07) is 7.29. The highest BCUT2D eigenvalue weighted by Crippen LogP contribution is 2.29. The van der Waals surface area contributed by atoms with E-state index in [1.165, 1.54) is 0 Å². The number of carbonyl (C=O) groups is 2. The highest BCUT2D eigenvalue weighted by atomic mass is 16.4. The molecule has 1 unspecified atom stereocenters. The molecule has 1 amide bonds. The SMILES string of the molecule is CC(C)(C)C(C(=O)O)C(=O)Nc1cccc2ccncc12. The molecule has 0 saturated heterocycles.